The summed E-state index contributed by atoms with van der Waals surface area (Å²) in [5, 5.41) is 3.51. The fourth-order valence-corrected chi connectivity index (χ4v) is 1.91. The number of nitrogen functional groups attached to an aromatic ring is 1. The zero-order valence-corrected chi connectivity index (χ0v) is 7.79. The van der Waals surface area contributed by atoms with E-state index in [2.05, 4.69) is 17.4 Å². The molecule has 3 N–H and O–H groups in total. The normalized spacial score (nSPS) is 22.9. The van der Waals surface area contributed by atoms with Crippen LogP contribution in [0.4, 0.5) is 5.69 Å². The third-order valence-corrected chi connectivity index (χ3v) is 2.62. The molecule has 1 fully saturated rings. The molecule has 1 aliphatic rings. The van der Waals surface area contributed by atoms with Crippen LogP contribution < -0.4 is 11.1 Å². The predicted octanol–water partition coefficient (Wildman–Crippen LogP) is 2.08. The van der Waals surface area contributed by atoms with Crippen molar-refractivity contribution < 1.29 is 0 Å². The van der Waals surface area contributed by atoms with Gasteiger partial charge in [-0.2, -0.15) is 0 Å². The Kier molecular flexibility index (Phi) is 2.50. The lowest BCUT2D eigenvalue weighted by Gasteiger charge is -2.23. The molecule has 0 aromatic heterocycles. The molecule has 13 heavy (non-hydrogen) atoms. The van der Waals surface area contributed by atoms with Crippen LogP contribution in [0.2, 0.25) is 0 Å². The van der Waals surface area contributed by atoms with Crippen LogP contribution in [0.1, 0.15) is 30.9 Å². The zero-order valence-electron chi connectivity index (χ0n) is 7.79. The van der Waals surface area contributed by atoms with Gasteiger partial charge in [0.1, 0.15) is 0 Å². The lowest BCUT2D eigenvalue weighted by molar-refractivity contribution is 0.412. The molecule has 0 saturated carbocycles. The molecular weight excluding hydrogens is 160 g/mol. The van der Waals surface area contributed by atoms with Crippen LogP contribution in [0.15, 0.2) is 24.3 Å². The molecule has 0 radical (unpaired) electrons. The SMILES string of the molecule is Nc1cccc(C2CCCCN2)c1. The van der Waals surface area contributed by atoms with E-state index in [1.54, 1.807) is 0 Å². The van der Waals surface area contributed by atoms with Gasteiger partial charge >= 0.3 is 0 Å². The molecular formula is C11H16N2. The molecule has 0 spiro atoms. The topological polar surface area (TPSA) is 38.0 Å². The summed E-state index contributed by atoms with van der Waals surface area (Å²) >= 11 is 0. The molecule has 1 aromatic carbocycles. The van der Waals surface area contributed by atoms with Crippen molar-refractivity contribution in [2.75, 3.05) is 12.3 Å². The Morgan fingerprint density at radius 3 is 2.92 bits per heavy atom. The first-order valence-corrected chi connectivity index (χ1v) is 4.95. The molecule has 2 heteroatoms. The van der Waals surface area contributed by atoms with Gasteiger partial charge < -0.3 is 11.1 Å². The van der Waals surface area contributed by atoms with E-state index in [1.165, 1.54) is 24.8 Å². The number of piperidine rings is 1. The van der Waals surface area contributed by atoms with E-state index in [1.807, 2.05) is 12.1 Å². The Balaban J connectivity index is 2.14. The number of benzene rings is 1. The average molecular weight is 176 g/mol. The van der Waals surface area contributed by atoms with E-state index in [9.17, 15) is 0 Å². The third-order valence-electron chi connectivity index (χ3n) is 2.62. The second kappa shape index (κ2) is 3.79. The number of nitrogens with one attached hydrogen (secondary N) is 1. The highest BCUT2D eigenvalue weighted by Gasteiger charge is 2.13. The fourth-order valence-electron chi connectivity index (χ4n) is 1.91. The van der Waals surface area contributed by atoms with Gasteiger partial charge in [0.05, 0.1) is 0 Å². The van der Waals surface area contributed by atoms with Crippen molar-refractivity contribution in [2.45, 2.75) is 25.3 Å². The van der Waals surface area contributed by atoms with Crippen molar-refractivity contribution >= 4 is 5.69 Å². The lowest BCUT2D eigenvalue weighted by atomic mass is 9.97. The van der Waals surface area contributed by atoms with Gasteiger partial charge in [-0.25, -0.2) is 0 Å². The first kappa shape index (κ1) is 8.57. The molecule has 70 valence electrons. The molecule has 0 amide bonds. The molecule has 0 bridgehead atoms. The van der Waals surface area contributed by atoms with Gasteiger partial charge in [0, 0.05) is 11.7 Å². The lowest BCUT2D eigenvalue weighted by Crippen LogP contribution is -2.26. The maximum absolute atomic E-state index is 5.74. The second-order valence-corrected chi connectivity index (χ2v) is 3.67. The Bertz CT molecular complexity index is 277. The molecule has 1 aromatic rings. The van der Waals surface area contributed by atoms with Gasteiger partial charge in [0.15, 0.2) is 0 Å². The summed E-state index contributed by atoms with van der Waals surface area (Å²) in [4.78, 5) is 0. The quantitative estimate of drug-likeness (QED) is 0.643. The smallest absolute Gasteiger partial charge is 0.0321 e. The van der Waals surface area contributed by atoms with Crippen molar-refractivity contribution in [3.05, 3.63) is 29.8 Å². The van der Waals surface area contributed by atoms with Crippen LogP contribution in [0.5, 0.6) is 0 Å². The zero-order chi connectivity index (χ0) is 9.10. The van der Waals surface area contributed by atoms with E-state index in [0.717, 1.165) is 12.2 Å². The third kappa shape index (κ3) is 2.01. The number of nitrogens with two attached hydrogens (primary N) is 1. The van der Waals surface area contributed by atoms with Gasteiger partial charge in [0.25, 0.3) is 0 Å². The maximum Gasteiger partial charge on any atom is 0.0321 e. The largest absolute Gasteiger partial charge is 0.399 e. The molecule has 1 saturated heterocycles. The number of hydrogen-bond acceptors (Lipinski definition) is 2. The number of hydrogen-bond donors (Lipinski definition) is 2. The first-order valence-electron chi connectivity index (χ1n) is 4.95. The summed E-state index contributed by atoms with van der Waals surface area (Å²) in [5.41, 5.74) is 7.94. The van der Waals surface area contributed by atoms with Crippen molar-refractivity contribution in [2.24, 2.45) is 0 Å². The Labute approximate surface area is 79.1 Å². The maximum atomic E-state index is 5.74. The van der Waals surface area contributed by atoms with E-state index in [0.29, 0.717) is 6.04 Å². The number of rotatable bonds is 1. The van der Waals surface area contributed by atoms with Crippen LogP contribution in [0, 0.1) is 0 Å². The van der Waals surface area contributed by atoms with Gasteiger partial charge in [-0.1, -0.05) is 18.6 Å². The summed E-state index contributed by atoms with van der Waals surface area (Å²) in [6, 6.07) is 8.72. The summed E-state index contributed by atoms with van der Waals surface area (Å²) in [7, 11) is 0. The second-order valence-electron chi connectivity index (χ2n) is 3.67. The van der Waals surface area contributed by atoms with Crippen molar-refractivity contribution in [3.63, 3.8) is 0 Å². The average Bonchev–Trinajstić information content (AvgIpc) is 2.19. The van der Waals surface area contributed by atoms with Crippen LogP contribution in [-0.4, -0.2) is 6.54 Å². The Morgan fingerprint density at radius 1 is 1.31 bits per heavy atom. The highest BCUT2D eigenvalue weighted by atomic mass is 14.9. The standard InChI is InChI=1S/C11H16N2/c12-10-5-3-4-9(8-10)11-6-1-2-7-13-11/h3-5,8,11,13H,1-2,6-7,12H2. The van der Waals surface area contributed by atoms with Crippen LogP contribution >= 0.6 is 0 Å². The van der Waals surface area contributed by atoms with Crippen molar-refractivity contribution in [1.82, 2.24) is 5.32 Å². The van der Waals surface area contributed by atoms with E-state index in [4.69, 9.17) is 5.73 Å². The molecule has 2 nitrogen and oxygen atoms in total. The van der Waals surface area contributed by atoms with Gasteiger partial charge in [-0.15, -0.1) is 0 Å². The van der Waals surface area contributed by atoms with Crippen molar-refractivity contribution in [3.8, 4) is 0 Å². The molecule has 2 rings (SSSR count). The Hall–Kier alpha value is -1.02. The summed E-state index contributed by atoms with van der Waals surface area (Å²) < 4.78 is 0. The molecule has 1 atom stereocenters. The van der Waals surface area contributed by atoms with Crippen molar-refractivity contribution in [1.29, 1.82) is 0 Å². The first-order chi connectivity index (χ1) is 6.36. The van der Waals surface area contributed by atoms with E-state index < -0.39 is 0 Å². The van der Waals surface area contributed by atoms with Gasteiger partial charge in [0.2, 0.25) is 0 Å². The predicted molar refractivity (Wildman–Crippen MR) is 55.4 cm³/mol. The summed E-state index contributed by atoms with van der Waals surface area (Å²) in [6.45, 7) is 1.14. The van der Waals surface area contributed by atoms with Gasteiger partial charge in [-0.05, 0) is 37.1 Å². The number of anilines is 1. The van der Waals surface area contributed by atoms with Crippen LogP contribution in [0.25, 0.3) is 0 Å². The molecule has 1 heterocycles. The Morgan fingerprint density at radius 2 is 2.23 bits per heavy atom. The molecule has 1 aliphatic heterocycles. The minimum atomic E-state index is 0.525. The summed E-state index contributed by atoms with van der Waals surface area (Å²) in [5.74, 6) is 0. The van der Waals surface area contributed by atoms with Gasteiger partial charge in [-0.3, -0.25) is 0 Å². The highest BCUT2D eigenvalue weighted by molar-refractivity contribution is 5.41. The molecule has 0 aliphatic carbocycles. The molecule has 1 unspecified atom stereocenters. The minimum Gasteiger partial charge on any atom is -0.399 e. The van der Waals surface area contributed by atoms with Crippen LogP contribution in [-0.2, 0) is 0 Å². The van der Waals surface area contributed by atoms with E-state index in [-0.39, 0.29) is 0 Å². The van der Waals surface area contributed by atoms with E-state index >= 15 is 0 Å². The van der Waals surface area contributed by atoms with Crippen LogP contribution in [0.3, 0.4) is 0 Å². The monoisotopic (exact) mass is 176 g/mol. The summed E-state index contributed by atoms with van der Waals surface area (Å²) in [6.07, 6.45) is 3.87. The fraction of sp³-hybridized carbons (Fsp3) is 0.455. The minimum absolute atomic E-state index is 0.525. The highest BCUT2D eigenvalue weighted by Crippen LogP contribution is 2.23.